The molecule has 5 nitrogen and oxygen atoms in total. The summed E-state index contributed by atoms with van der Waals surface area (Å²) in [6, 6.07) is 3.97. The Morgan fingerprint density at radius 3 is 2.74 bits per heavy atom. The number of nitriles is 1. The number of anilines is 1. The molecule has 19 heavy (non-hydrogen) atoms. The van der Waals surface area contributed by atoms with Gasteiger partial charge >= 0.3 is 5.97 Å². The Morgan fingerprint density at radius 1 is 1.58 bits per heavy atom. The first-order chi connectivity index (χ1) is 8.98. The minimum Gasteiger partial charge on any atom is -0.481 e. The molecular formula is C14H17N3O2. The highest BCUT2D eigenvalue weighted by molar-refractivity contribution is 5.76. The molecule has 0 radical (unpaired) electrons. The monoisotopic (exact) mass is 259 g/mol. The molecule has 0 aliphatic heterocycles. The van der Waals surface area contributed by atoms with Gasteiger partial charge in [-0.3, -0.25) is 4.79 Å². The van der Waals surface area contributed by atoms with E-state index in [1.165, 1.54) is 0 Å². The summed E-state index contributed by atoms with van der Waals surface area (Å²) >= 11 is 0. The number of aromatic nitrogens is 1. The van der Waals surface area contributed by atoms with Crippen molar-refractivity contribution in [3.05, 3.63) is 22.9 Å². The summed E-state index contributed by atoms with van der Waals surface area (Å²) in [5.41, 5.74) is 1.48. The van der Waals surface area contributed by atoms with Crippen LogP contribution in [0.25, 0.3) is 0 Å². The van der Waals surface area contributed by atoms with Gasteiger partial charge in [0.05, 0.1) is 11.0 Å². The first-order valence-electron chi connectivity index (χ1n) is 6.34. The van der Waals surface area contributed by atoms with Crippen LogP contribution in [0.3, 0.4) is 0 Å². The number of aryl methyl sites for hydroxylation is 2. The van der Waals surface area contributed by atoms with Gasteiger partial charge in [0.1, 0.15) is 11.9 Å². The van der Waals surface area contributed by atoms with E-state index in [4.69, 9.17) is 5.26 Å². The van der Waals surface area contributed by atoms with Gasteiger partial charge in [0.15, 0.2) is 0 Å². The number of hydrogen-bond donors (Lipinski definition) is 2. The minimum absolute atomic E-state index is 0.326. The maximum Gasteiger partial charge on any atom is 0.311 e. The molecule has 0 saturated heterocycles. The fourth-order valence-electron chi connectivity index (χ4n) is 2.43. The molecule has 0 bridgehead atoms. The van der Waals surface area contributed by atoms with E-state index in [1.807, 2.05) is 19.9 Å². The van der Waals surface area contributed by atoms with Crippen molar-refractivity contribution in [1.29, 1.82) is 5.26 Å². The van der Waals surface area contributed by atoms with Crippen LogP contribution in [0.1, 0.15) is 36.1 Å². The molecule has 1 heterocycles. The van der Waals surface area contributed by atoms with Crippen molar-refractivity contribution in [3.8, 4) is 6.07 Å². The minimum atomic E-state index is -0.769. The van der Waals surface area contributed by atoms with Gasteiger partial charge in [0.2, 0.25) is 0 Å². The molecule has 1 saturated carbocycles. The van der Waals surface area contributed by atoms with Crippen LogP contribution in [-0.4, -0.2) is 22.6 Å². The third-order valence-electron chi connectivity index (χ3n) is 3.82. The molecular weight excluding hydrogens is 242 g/mol. The number of carboxylic acids is 1. The second-order valence-corrected chi connectivity index (χ2v) is 5.21. The Balaban J connectivity index is 2.20. The summed E-state index contributed by atoms with van der Waals surface area (Å²) < 4.78 is 0. The molecule has 5 heteroatoms. The van der Waals surface area contributed by atoms with E-state index in [-0.39, 0.29) is 0 Å². The van der Waals surface area contributed by atoms with Crippen molar-refractivity contribution < 1.29 is 9.90 Å². The van der Waals surface area contributed by atoms with Gasteiger partial charge in [0.25, 0.3) is 0 Å². The van der Waals surface area contributed by atoms with E-state index in [2.05, 4.69) is 16.4 Å². The van der Waals surface area contributed by atoms with Crippen LogP contribution >= 0.6 is 0 Å². The Morgan fingerprint density at radius 2 is 2.26 bits per heavy atom. The van der Waals surface area contributed by atoms with Gasteiger partial charge in [-0.15, -0.1) is 0 Å². The average Bonchev–Trinajstić information content (AvgIpc) is 2.26. The zero-order chi connectivity index (χ0) is 14.0. The van der Waals surface area contributed by atoms with Crippen LogP contribution in [0, 0.1) is 30.6 Å². The summed E-state index contributed by atoms with van der Waals surface area (Å²) in [5.74, 6) is -0.276. The van der Waals surface area contributed by atoms with Gasteiger partial charge in [0, 0.05) is 12.2 Å². The lowest BCUT2D eigenvalue weighted by Gasteiger charge is -2.37. The lowest BCUT2D eigenvalue weighted by molar-refractivity contribution is -0.153. The molecule has 1 aliphatic carbocycles. The van der Waals surface area contributed by atoms with E-state index in [0.29, 0.717) is 30.8 Å². The SMILES string of the molecule is Cc1cc(C)c(C#N)c(NCC2(C(=O)O)CCC2)n1. The number of rotatable bonds is 4. The van der Waals surface area contributed by atoms with Crippen molar-refractivity contribution in [2.24, 2.45) is 5.41 Å². The lowest BCUT2D eigenvalue weighted by atomic mass is 9.69. The van der Waals surface area contributed by atoms with Crippen molar-refractivity contribution in [2.45, 2.75) is 33.1 Å². The molecule has 1 fully saturated rings. The predicted molar refractivity (Wildman–Crippen MR) is 70.8 cm³/mol. The highest BCUT2D eigenvalue weighted by atomic mass is 16.4. The maximum absolute atomic E-state index is 11.3. The molecule has 0 spiro atoms. The Bertz CT molecular complexity index is 557. The highest BCUT2D eigenvalue weighted by Gasteiger charge is 2.44. The van der Waals surface area contributed by atoms with Gasteiger partial charge in [-0.05, 0) is 38.3 Å². The van der Waals surface area contributed by atoms with Crippen molar-refractivity contribution in [2.75, 3.05) is 11.9 Å². The van der Waals surface area contributed by atoms with Crippen LogP contribution in [0.5, 0.6) is 0 Å². The van der Waals surface area contributed by atoms with Crippen molar-refractivity contribution >= 4 is 11.8 Å². The van der Waals surface area contributed by atoms with E-state index < -0.39 is 11.4 Å². The predicted octanol–water partition coefficient (Wildman–Crippen LogP) is 2.24. The first kappa shape index (κ1) is 13.3. The molecule has 2 rings (SSSR count). The van der Waals surface area contributed by atoms with Crippen LogP contribution < -0.4 is 5.32 Å². The molecule has 1 aliphatic rings. The van der Waals surface area contributed by atoms with Crippen LogP contribution in [0.2, 0.25) is 0 Å². The second-order valence-electron chi connectivity index (χ2n) is 5.21. The lowest BCUT2D eigenvalue weighted by Crippen LogP contribution is -2.43. The molecule has 1 aromatic rings. The van der Waals surface area contributed by atoms with Crippen LogP contribution in [-0.2, 0) is 4.79 Å². The summed E-state index contributed by atoms with van der Waals surface area (Å²) in [7, 11) is 0. The molecule has 100 valence electrons. The first-order valence-corrected chi connectivity index (χ1v) is 6.34. The quantitative estimate of drug-likeness (QED) is 0.866. The molecule has 0 amide bonds. The number of nitrogens with zero attached hydrogens (tertiary/aromatic N) is 2. The van der Waals surface area contributed by atoms with Crippen molar-refractivity contribution in [1.82, 2.24) is 4.98 Å². The third-order valence-corrected chi connectivity index (χ3v) is 3.82. The number of carbonyl (C=O) groups is 1. The Labute approximate surface area is 112 Å². The number of aliphatic carboxylic acids is 1. The third kappa shape index (κ3) is 2.39. The van der Waals surface area contributed by atoms with E-state index >= 15 is 0 Å². The summed E-state index contributed by atoms with van der Waals surface area (Å²) in [4.78, 5) is 15.6. The topological polar surface area (TPSA) is 86.0 Å². The molecule has 1 aromatic heterocycles. The Hall–Kier alpha value is -2.09. The van der Waals surface area contributed by atoms with Gasteiger partial charge in [-0.2, -0.15) is 5.26 Å². The highest BCUT2D eigenvalue weighted by Crippen LogP contribution is 2.41. The number of carboxylic acid groups (broad SMARTS) is 1. The van der Waals surface area contributed by atoms with Gasteiger partial charge in [-0.1, -0.05) is 6.42 Å². The zero-order valence-corrected chi connectivity index (χ0v) is 11.2. The van der Waals surface area contributed by atoms with E-state index in [0.717, 1.165) is 17.7 Å². The summed E-state index contributed by atoms with van der Waals surface area (Å²) in [5, 5.41) is 21.5. The second kappa shape index (κ2) is 4.88. The fourth-order valence-corrected chi connectivity index (χ4v) is 2.43. The zero-order valence-electron chi connectivity index (χ0n) is 11.2. The molecule has 0 aromatic carbocycles. The van der Waals surface area contributed by atoms with E-state index in [9.17, 15) is 9.90 Å². The largest absolute Gasteiger partial charge is 0.481 e. The summed E-state index contributed by atoms with van der Waals surface area (Å²) in [6.07, 6.45) is 2.31. The van der Waals surface area contributed by atoms with Crippen molar-refractivity contribution in [3.63, 3.8) is 0 Å². The number of pyridine rings is 1. The van der Waals surface area contributed by atoms with Gasteiger partial charge in [-0.25, -0.2) is 4.98 Å². The summed E-state index contributed by atoms with van der Waals surface area (Å²) in [6.45, 7) is 4.04. The maximum atomic E-state index is 11.3. The van der Waals surface area contributed by atoms with Crippen LogP contribution in [0.4, 0.5) is 5.82 Å². The average molecular weight is 259 g/mol. The number of nitrogens with one attached hydrogen (secondary N) is 1. The molecule has 0 atom stereocenters. The Kier molecular flexibility index (Phi) is 3.43. The standard InChI is InChI=1S/C14H17N3O2/c1-9-6-10(2)17-12(11(9)7-15)16-8-14(13(18)19)4-3-5-14/h6H,3-5,8H2,1-2H3,(H,16,17)(H,18,19). The van der Waals surface area contributed by atoms with Gasteiger partial charge < -0.3 is 10.4 Å². The number of hydrogen-bond acceptors (Lipinski definition) is 4. The smallest absolute Gasteiger partial charge is 0.311 e. The molecule has 2 N–H and O–H groups in total. The van der Waals surface area contributed by atoms with E-state index in [1.54, 1.807) is 0 Å². The normalized spacial score (nSPS) is 16.3. The van der Waals surface area contributed by atoms with Crippen LogP contribution in [0.15, 0.2) is 6.07 Å². The molecule has 0 unspecified atom stereocenters. The fraction of sp³-hybridized carbons (Fsp3) is 0.500.